The molecule has 0 aliphatic carbocycles. The summed E-state index contributed by atoms with van der Waals surface area (Å²) in [5.74, 6) is 1.45. The molecule has 5 nitrogen and oxygen atoms in total. The monoisotopic (exact) mass is 317 g/mol. The Morgan fingerprint density at radius 1 is 1.08 bits per heavy atom. The summed E-state index contributed by atoms with van der Waals surface area (Å²) in [6, 6.07) is 13.9. The van der Waals surface area contributed by atoms with Crippen LogP contribution in [0.15, 0.2) is 42.6 Å². The zero-order chi connectivity index (χ0) is 16.5. The Kier molecular flexibility index (Phi) is 3.43. The minimum absolute atomic E-state index is 0.503. The summed E-state index contributed by atoms with van der Waals surface area (Å²) in [5.41, 5.74) is 4.06. The number of rotatable bonds is 2. The Balaban J connectivity index is 1.81. The predicted octanol–water partition coefficient (Wildman–Crippen LogP) is 3.93. The van der Waals surface area contributed by atoms with E-state index in [1.54, 1.807) is 6.20 Å². The molecule has 2 aromatic carbocycles. The molecule has 1 N–H and O–H groups in total. The fourth-order valence-electron chi connectivity index (χ4n) is 2.79. The summed E-state index contributed by atoms with van der Waals surface area (Å²) in [5, 5.41) is 13.7. The number of aryl methyl sites for hydroxylation is 1. The number of hydrogen-bond donors (Lipinski definition) is 1. The summed E-state index contributed by atoms with van der Waals surface area (Å²) in [4.78, 5) is 4.36. The lowest BCUT2D eigenvalue weighted by atomic mass is 10.1. The van der Waals surface area contributed by atoms with Crippen LogP contribution >= 0.6 is 0 Å². The highest BCUT2D eigenvalue weighted by molar-refractivity contribution is 5.96. The lowest BCUT2D eigenvalue weighted by molar-refractivity contribution is 0.171. The second-order valence-corrected chi connectivity index (χ2v) is 5.66. The van der Waals surface area contributed by atoms with Crippen LogP contribution in [-0.2, 0) is 0 Å². The molecule has 0 spiro atoms. The SMILES string of the molecule is Cc1ccc2ncc(C#N)c(Nc3ccc4c(c3)OCCO4)c2c1. The topological polar surface area (TPSA) is 67.2 Å². The number of hydrogen-bond acceptors (Lipinski definition) is 5. The fourth-order valence-corrected chi connectivity index (χ4v) is 2.79. The predicted molar refractivity (Wildman–Crippen MR) is 91.9 cm³/mol. The average Bonchev–Trinajstić information content (AvgIpc) is 2.62. The molecule has 0 atom stereocenters. The molecule has 0 amide bonds. The summed E-state index contributed by atoms with van der Waals surface area (Å²) >= 11 is 0. The van der Waals surface area contributed by atoms with Crippen LogP contribution in [0.2, 0.25) is 0 Å². The van der Waals surface area contributed by atoms with Gasteiger partial charge >= 0.3 is 0 Å². The van der Waals surface area contributed by atoms with Crippen LogP contribution in [0.3, 0.4) is 0 Å². The van der Waals surface area contributed by atoms with Crippen molar-refractivity contribution in [2.24, 2.45) is 0 Å². The average molecular weight is 317 g/mol. The van der Waals surface area contributed by atoms with Gasteiger partial charge in [-0.1, -0.05) is 11.6 Å². The molecule has 3 aromatic rings. The molecule has 0 saturated heterocycles. The Hall–Kier alpha value is -3.26. The molecule has 0 bridgehead atoms. The number of benzene rings is 2. The van der Waals surface area contributed by atoms with Crippen molar-refractivity contribution in [3.63, 3.8) is 0 Å². The van der Waals surface area contributed by atoms with Gasteiger partial charge in [-0.25, -0.2) is 0 Å². The van der Waals surface area contributed by atoms with Crippen molar-refractivity contribution >= 4 is 22.3 Å². The summed E-state index contributed by atoms with van der Waals surface area (Å²) in [7, 11) is 0. The Bertz CT molecular complexity index is 976. The molecule has 118 valence electrons. The standard InChI is InChI=1S/C19H15N3O2/c1-12-2-4-16-15(8-12)19(13(10-20)11-21-16)22-14-3-5-17-18(9-14)24-7-6-23-17/h2-5,8-9,11H,6-7H2,1H3,(H,21,22). The maximum Gasteiger partial charge on any atom is 0.163 e. The number of nitriles is 1. The minimum Gasteiger partial charge on any atom is -0.486 e. The fraction of sp³-hybridized carbons (Fsp3) is 0.158. The quantitative estimate of drug-likeness (QED) is 0.775. The number of nitrogens with zero attached hydrogens (tertiary/aromatic N) is 2. The van der Waals surface area contributed by atoms with E-state index in [0.29, 0.717) is 24.5 Å². The number of aromatic nitrogens is 1. The molecule has 1 aromatic heterocycles. The first-order valence-corrected chi connectivity index (χ1v) is 7.71. The van der Waals surface area contributed by atoms with Crippen LogP contribution in [-0.4, -0.2) is 18.2 Å². The van der Waals surface area contributed by atoms with Gasteiger partial charge in [-0.2, -0.15) is 5.26 Å². The van der Waals surface area contributed by atoms with E-state index >= 15 is 0 Å². The van der Waals surface area contributed by atoms with E-state index in [1.807, 2.05) is 43.3 Å². The smallest absolute Gasteiger partial charge is 0.163 e. The highest BCUT2D eigenvalue weighted by Crippen LogP contribution is 2.35. The molecule has 1 aliphatic rings. The third kappa shape index (κ3) is 2.48. The van der Waals surface area contributed by atoms with Crippen molar-refractivity contribution in [1.82, 2.24) is 4.98 Å². The third-order valence-corrected chi connectivity index (χ3v) is 3.96. The maximum atomic E-state index is 9.44. The Morgan fingerprint density at radius 3 is 2.75 bits per heavy atom. The Labute approximate surface area is 139 Å². The van der Waals surface area contributed by atoms with Gasteiger partial charge in [0.15, 0.2) is 11.5 Å². The van der Waals surface area contributed by atoms with Gasteiger partial charge in [0.05, 0.1) is 16.8 Å². The number of fused-ring (bicyclic) bond motifs is 2. The molecular weight excluding hydrogens is 302 g/mol. The van der Waals surface area contributed by atoms with Crippen LogP contribution in [0.5, 0.6) is 11.5 Å². The second kappa shape index (κ2) is 5.74. The van der Waals surface area contributed by atoms with E-state index in [9.17, 15) is 5.26 Å². The molecule has 4 rings (SSSR count). The first-order valence-electron chi connectivity index (χ1n) is 7.71. The maximum absolute atomic E-state index is 9.44. The molecular formula is C19H15N3O2. The van der Waals surface area contributed by atoms with Crippen molar-refractivity contribution in [3.8, 4) is 17.6 Å². The van der Waals surface area contributed by atoms with E-state index in [-0.39, 0.29) is 0 Å². The molecule has 24 heavy (non-hydrogen) atoms. The van der Waals surface area contributed by atoms with E-state index in [0.717, 1.165) is 33.6 Å². The van der Waals surface area contributed by atoms with Crippen molar-refractivity contribution in [2.45, 2.75) is 6.92 Å². The number of nitrogens with one attached hydrogen (secondary N) is 1. The van der Waals surface area contributed by atoms with Crippen LogP contribution in [0.4, 0.5) is 11.4 Å². The first-order chi connectivity index (χ1) is 11.7. The Morgan fingerprint density at radius 2 is 1.92 bits per heavy atom. The molecule has 2 heterocycles. The highest BCUT2D eigenvalue weighted by Gasteiger charge is 2.14. The lowest BCUT2D eigenvalue weighted by Crippen LogP contribution is -2.15. The largest absolute Gasteiger partial charge is 0.486 e. The van der Waals surface area contributed by atoms with E-state index in [1.165, 1.54) is 0 Å². The van der Waals surface area contributed by atoms with Gasteiger partial charge in [-0.3, -0.25) is 4.98 Å². The van der Waals surface area contributed by atoms with Crippen LogP contribution in [0.25, 0.3) is 10.9 Å². The van der Waals surface area contributed by atoms with E-state index in [2.05, 4.69) is 16.4 Å². The van der Waals surface area contributed by atoms with Gasteiger partial charge in [0.1, 0.15) is 19.3 Å². The van der Waals surface area contributed by atoms with Crippen molar-refractivity contribution in [2.75, 3.05) is 18.5 Å². The van der Waals surface area contributed by atoms with Crippen molar-refractivity contribution < 1.29 is 9.47 Å². The number of anilines is 2. The zero-order valence-electron chi connectivity index (χ0n) is 13.2. The zero-order valence-corrected chi connectivity index (χ0v) is 13.2. The summed E-state index contributed by atoms with van der Waals surface area (Å²) < 4.78 is 11.2. The second-order valence-electron chi connectivity index (χ2n) is 5.66. The molecule has 0 fully saturated rings. The van der Waals surface area contributed by atoms with Gasteiger partial charge in [0, 0.05) is 23.3 Å². The van der Waals surface area contributed by atoms with Crippen LogP contribution < -0.4 is 14.8 Å². The van der Waals surface area contributed by atoms with Gasteiger partial charge in [0.2, 0.25) is 0 Å². The number of ether oxygens (including phenoxy) is 2. The first kappa shape index (κ1) is 14.3. The molecule has 0 saturated carbocycles. The third-order valence-electron chi connectivity index (χ3n) is 3.96. The molecule has 0 radical (unpaired) electrons. The molecule has 1 aliphatic heterocycles. The molecule has 0 unspecified atom stereocenters. The van der Waals surface area contributed by atoms with Crippen molar-refractivity contribution in [3.05, 3.63) is 53.7 Å². The van der Waals surface area contributed by atoms with Gasteiger partial charge in [-0.05, 0) is 31.2 Å². The molecule has 5 heteroatoms. The summed E-state index contributed by atoms with van der Waals surface area (Å²) in [6.07, 6.45) is 1.60. The van der Waals surface area contributed by atoms with Gasteiger partial charge < -0.3 is 14.8 Å². The minimum atomic E-state index is 0.503. The van der Waals surface area contributed by atoms with Gasteiger partial charge in [-0.15, -0.1) is 0 Å². The number of pyridine rings is 1. The van der Waals surface area contributed by atoms with E-state index < -0.39 is 0 Å². The van der Waals surface area contributed by atoms with Gasteiger partial charge in [0.25, 0.3) is 0 Å². The lowest BCUT2D eigenvalue weighted by Gasteiger charge is -2.19. The van der Waals surface area contributed by atoms with E-state index in [4.69, 9.17) is 9.47 Å². The summed E-state index contributed by atoms with van der Waals surface area (Å²) in [6.45, 7) is 3.12. The highest BCUT2D eigenvalue weighted by atomic mass is 16.6. The van der Waals surface area contributed by atoms with Crippen LogP contribution in [0, 0.1) is 18.3 Å². The normalized spacial score (nSPS) is 12.7. The van der Waals surface area contributed by atoms with Crippen molar-refractivity contribution in [1.29, 1.82) is 5.26 Å². The van der Waals surface area contributed by atoms with Crippen LogP contribution in [0.1, 0.15) is 11.1 Å².